The van der Waals surface area contributed by atoms with Gasteiger partial charge in [0.05, 0.1) is 16.9 Å². The van der Waals surface area contributed by atoms with E-state index in [0.717, 1.165) is 54.5 Å². The summed E-state index contributed by atoms with van der Waals surface area (Å²) >= 11 is 0. The molecule has 3 aromatic rings. The lowest BCUT2D eigenvalue weighted by molar-refractivity contribution is -0.137. The number of aryl methyl sites for hydroxylation is 1. The Bertz CT molecular complexity index is 1680. The number of pyridine rings is 1. The molecule has 8 nitrogen and oxygen atoms in total. The van der Waals surface area contributed by atoms with Crippen LogP contribution in [0.1, 0.15) is 69.6 Å². The number of nitrogens with zero attached hydrogens (tertiary/aromatic N) is 3. The molecule has 11 heteroatoms. The third-order valence-corrected chi connectivity index (χ3v) is 7.98. The highest BCUT2D eigenvalue weighted by Crippen LogP contribution is 2.35. The fourth-order valence-corrected chi connectivity index (χ4v) is 5.67. The number of hydrogen-bond acceptors (Lipinski definition) is 5. The summed E-state index contributed by atoms with van der Waals surface area (Å²) in [7, 11) is 0. The Balaban J connectivity index is 1.35. The Labute approximate surface area is 273 Å². The van der Waals surface area contributed by atoms with Crippen molar-refractivity contribution in [2.24, 2.45) is 10.4 Å². The van der Waals surface area contributed by atoms with Gasteiger partial charge in [-0.25, -0.2) is 9.78 Å². The summed E-state index contributed by atoms with van der Waals surface area (Å²) in [4.78, 5) is 36.6. The monoisotopic (exact) mass is 646 g/mol. The molecule has 3 amide bonds. The standard InChI is InChI=1S/C36H41F3N6O2/c1-35(2,3)22-32(46)42-17-7-9-24-11-12-28(21-29(24)26-15-18-40-23-26)43-34(47)45-19-5-4-16-41-31-14-13-30(44-33(31)45)25-8-6-10-27(20-25)36(37,38)39/h6,8,10-14,18,20-21,23,41H,4-5,7,9,15-17,19,22H2,1-3H3,(H,42,46)(H,43,47). The maximum absolute atomic E-state index is 13.8. The van der Waals surface area contributed by atoms with Gasteiger partial charge in [0.15, 0.2) is 5.82 Å². The number of aliphatic imine (C=N–C) groups is 1. The topological polar surface area (TPSA) is 98.7 Å². The number of allylic oxidation sites excluding steroid dienone is 1. The van der Waals surface area contributed by atoms with Gasteiger partial charge in [0.25, 0.3) is 0 Å². The normalized spacial score (nSPS) is 14.9. The lowest BCUT2D eigenvalue weighted by Gasteiger charge is -2.27. The number of alkyl halides is 3. The largest absolute Gasteiger partial charge is 0.416 e. The molecule has 5 rings (SSSR count). The number of halogens is 3. The minimum absolute atomic E-state index is 0.0418. The Morgan fingerprint density at radius 1 is 1.02 bits per heavy atom. The molecule has 0 aliphatic carbocycles. The number of carbonyl (C=O) groups excluding carboxylic acids is 2. The molecular formula is C36H41F3N6O2. The number of aromatic nitrogens is 1. The number of benzene rings is 2. The second-order valence-corrected chi connectivity index (χ2v) is 13.1. The summed E-state index contributed by atoms with van der Waals surface area (Å²) in [5, 5.41) is 9.35. The first-order chi connectivity index (χ1) is 22.4. The lowest BCUT2D eigenvalue weighted by atomic mass is 9.92. The van der Waals surface area contributed by atoms with Gasteiger partial charge in [-0.05, 0) is 84.2 Å². The average molecular weight is 647 g/mol. The zero-order chi connectivity index (χ0) is 33.6. The molecule has 3 N–H and O–H groups in total. The molecule has 2 aliphatic heterocycles. The van der Waals surface area contributed by atoms with Crippen molar-refractivity contribution >= 4 is 40.9 Å². The quantitative estimate of drug-likeness (QED) is 0.215. The van der Waals surface area contributed by atoms with E-state index in [1.54, 1.807) is 23.1 Å². The van der Waals surface area contributed by atoms with E-state index in [9.17, 15) is 22.8 Å². The molecule has 0 atom stereocenters. The van der Waals surface area contributed by atoms with Crippen molar-refractivity contribution in [3.63, 3.8) is 0 Å². The van der Waals surface area contributed by atoms with Gasteiger partial charge < -0.3 is 16.0 Å². The maximum atomic E-state index is 13.8. The van der Waals surface area contributed by atoms with E-state index < -0.39 is 11.7 Å². The molecule has 248 valence electrons. The molecule has 3 heterocycles. The maximum Gasteiger partial charge on any atom is 0.416 e. The summed E-state index contributed by atoms with van der Waals surface area (Å²) in [6.07, 6.45) is 3.40. The van der Waals surface area contributed by atoms with Gasteiger partial charge in [0.1, 0.15) is 0 Å². The highest BCUT2D eigenvalue weighted by atomic mass is 19.4. The van der Waals surface area contributed by atoms with Crippen LogP contribution < -0.4 is 20.9 Å². The smallest absolute Gasteiger partial charge is 0.382 e. The Kier molecular flexibility index (Phi) is 10.3. The molecule has 47 heavy (non-hydrogen) atoms. The number of hydrogen-bond donors (Lipinski definition) is 3. The Morgan fingerprint density at radius 2 is 1.85 bits per heavy atom. The van der Waals surface area contributed by atoms with E-state index in [2.05, 4.69) is 20.9 Å². The molecule has 0 bridgehead atoms. The number of urea groups is 1. The number of amides is 3. The van der Waals surface area contributed by atoms with Crippen molar-refractivity contribution in [1.82, 2.24) is 10.3 Å². The van der Waals surface area contributed by atoms with Crippen LogP contribution in [0.25, 0.3) is 16.8 Å². The van der Waals surface area contributed by atoms with E-state index in [0.29, 0.717) is 60.9 Å². The zero-order valence-corrected chi connectivity index (χ0v) is 27.0. The highest BCUT2D eigenvalue weighted by molar-refractivity contribution is 6.03. The van der Waals surface area contributed by atoms with Crippen LogP contribution in [-0.2, 0) is 17.4 Å². The fraction of sp³-hybridized carbons (Fsp3) is 0.389. The van der Waals surface area contributed by atoms with Gasteiger partial charge in [-0.15, -0.1) is 0 Å². The Morgan fingerprint density at radius 3 is 2.60 bits per heavy atom. The number of nitrogens with one attached hydrogen (secondary N) is 3. The van der Waals surface area contributed by atoms with Crippen LogP contribution in [0.2, 0.25) is 0 Å². The van der Waals surface area contributed by atoms with Gasteiger partial charge in [-0.2, -0.15) is 13.2 Å². The van der Waals surface area contributed by atoms with Crippen molar-refractivity contribution in [3.05, 3.63) is 77.5 Å². The van der Waals surface area contributed by atoms with E-state index in [1.807, 2.05) is 51.4 Å². The third kappa shape index (κ3) is 8.99. The van der Waals surface area contributed by atoms with Gasteiger partial charge in [-0.3, -0.25) is 14.7 Å². The van der Waals surface area contributed by atoms with E-state index in [1.165, 1.54) is 6.07 Å². The predicted molar refractivity (Wildman–Crippen MR) is 182 cm³/mol. The summed E-state index contributed by atoms with van der Waals surface area (Å²) in [5.41, 5.74) is 4.18. The number of fused-ring (bicyclic) bond motifs is 1. The van der Waals surface area contributed by atoms with Crippen molar-refractivity contribution in [2.45, 2.75) is 65.5 Å². The van der Waals surface area contributed by atoms with Crippen molar-refractivity contribution in [3.8, 4) is 11.3 Å². The summed E-state index contributed by atoms with van der Waals surface area (Å²) in [5.74, 6) is 0.398. The molecule has 2 aromatic carbocycles. The lowest BCUT2D eigenvalue weighted by Crippen LogP contribution is -2.38. The third-order valence-electron chi connectivity index (χ3n) is 7.98. The number of anilines is 3. The van der Waals surface area contributed by atoms with Crippen LogP contribution in [0, 0.1) is 5.41 Å². The second kappa shape index (κ2) is 14.4. The van der Waals surface area contributed by atoms with Crippen LogP contribution in [0.3, 0.4) is 0 Å². The molecule has 0 spiro atoms. The Hall–Kier alpha value is -4.67. The van der Waals surface area contributed by atoms with Crippen LogP contribution >= 0.6 is 0 Å². The van der Waals surface area contributed by atoms with Crippen LogP contribution in [-0.4, -0.2) is 42.8 Å². The molecule has 0 saturated carbocycles. The number of carbonyl (C=O) groups is 2. The summed E-state index contributed by atoms with van der Waals surface area (Å²) < 4.78 is 40.3. The molecule has 2 aliphatic rings. The first-order valence-corrected chi connectivity index (χ1v) is 16.0. The molecule has 1 aromatic heterocycles. The van der Waals surface area contributed by atoms with Crippen LogP contribution in [0.4, 0.5) is 35.2 Å². The molecule has 0 radical (unpaired) electrons. The first-order valence-electron chi connectivity index (χ1n) is 16.0. The van der Waals surface area contributed by atoms with E-state index in [-0.39, 0.29) is 17.4 Å². The highest BCUT2D eigenvalue weighted by Gasteiger charge is 2.31. The van der Waals surface area contributed by atoms with Crippen molar-refractivity contribution in [2.75, 3.05) is 35.2 Å². The summed E-state index contributed by atoms with van der Waals surface area (Å²) in [6, 6.07) is 13.9. The predicted octanol–water partition coefficient (Wildman–Crippen LogP) is 8.31. The van der Waals surface area contributed by atoms with Gasteiger partial charge in [-0.1, -0.05) is 39.0 Å². The molecular weight excluding hydrogens is 605 g/mol. The number of rotatable bonds is 8. The van der Waals surface area contributed by atoms with Crippen LogP contribution in [0.5, 0.6) is 0 Å². The minimum atomic E-state index is -4.48. The van der Waals surface area contributed by atoms with E-state index >= 15 is 0 Å². The van der Waals surface area contributed by atoms with Gasteiger partial charge in [0, 0.05) is 56.1 Å². The fourth-order valence-electron chi connectivity index (χ4n) is 5.67. The summed E-state index contributed by atoms with van der Waals surface area (Å²) in [6.45, 7) is 7.76. The molecule has 0 saturated heterocycles. The molecule has 0 unspecified atom stereocenters. The van der Waals surface area contributed by atoms with Crippen molar-refractivity contribution in [1.29, 1.82) is 0 Å². The second-order valence-electron chi connectivity index (χ2n) is 13.1. The van der Waals surface area contributed by atoms with Gasteiger partial charge >= 0.3 is 12.2 Å². The van der Waals surface area contributed by atoms with Gasteiger partial charge in [0.2, 0.25) is 5.91 Å². The SMILES string of the molecule is CC(C)(C)CC(=O)NCCCc1ccc(NC(=O)N2CCCCNc3ccc(-c4cccc(C(F)(F)F)c4)nc32)cc1C1=CN=CC1. The molecule has 0 fully saturated rings. The van der Waals surface area contributed by atoms with Crippen LogP contribution in [0.15, 0.2) is 65.8 Å². The average Bonchev–Trinajstić information content (AvgIpc) is 3.54. The minimum Gasteiger partial charge on any atom is -0.382 e. The zero-order valence-electron chi connectivity index (χ0n) is 27.0. The van der Waals surface area contributed by atoms with E-state index in [4.69, 9.17) is 4.98 Å². The first kappa shape index (κ1) is 33.7. The van der Waals surface area contributed by atoms with Crippen molar-refractivity contribution < 1.29 is 22.8 Å².